The first-order valence-electron chi connectivity index (χ1n) is 11.0. The van der Waals surface area contributed by atoms with Gasteiger partial charge in [-0.25, -0.2) is 0 Å². The van der Waals surface area contributed by atoms with Crippen molar-refractivity contribution >= 4 is 29.4 Å². The molecule has 1 aliphatic heterocycles. The van der Waals surface area contributed by atoms with Crippen molar-refractivity contribution in [2.24, 2.45) is 0 Å². The van der Waals surface area contributed by atoms with Crippen molar-refractivity contribution in [3.05, 3.63) is 75.6 Å². The van der Waals surface area contributed by atoms with E-state index in [0.29, 0.717) is 23.7 Å². The summed E-state index contributed by atoms with van der Waals surface area (Å²) in [7, 11) is 1.61. The number of fused-ring (bicyclic) bond motifs is 1. The fourth-order valence-corrected chi connectivity index (χ4v) is 4.45. The largest absolute Gasteiger partial charge is 0.497 e. The number of carbonyl (C=O) groups excluding carboxylic acids is 1. The number of anilines is 1. The number of benzene rings is 2. The summed E-state index contributed by atoms with van der Waals surface area (Å²) in [5.74, 6) is 1.93. The van der Waals surface area contributed by atoms with Crippen molar-refractivity contribution < 1.29 is 14.3 Å². The van der Waals surface area contributed by atoms with Crippen LogP contribution in [0.1, 0.15) is 41.7 Å². The Bertz CT molecular complexity index is 1350. The van der Waals surface area contributed by atoms with E-state index in [2.05, 4.69) is 9.97 Å². The van der Waals surface area contributed by atoms with Crippen molar-refractivity contribution in [3.63, 3.8) is 0 Å². The van der Waals surface area contributed by atoms with Gasteiger partial charge in [0.05, 0.1) is 30.7 Å². The second-order valence-electron chi connectivity index (χ2n) is 8.91. The van der Waals surface area contributed by atoms with Gasteiger partial charge in [0, 0.05) is 6.08 Å². The molecule has 178 valence electrons. The number of methoxy groups -OCH3 is 1. The number of rotatable bonds is 6. The molecular formula is C27H25ClN4O3. The fraction of sp³-hybridized carbons (Fsp3) is 0.259. The van der Waals surface area contributed by atoms with E-state index in [1.165, 1.54) is 6.08 Å². The highest BCUT2D eigenvalue weighted by Crippen LogP contribution is 2.47. The number of amides is 1. The molecule has 1 amide bonds. The molecule has 3 aromatic rings. The zero-order valence-electron chi connectivity index (χ0n) is 20.2. The minimum absolute atomic E-state index is 0.00661. The fourth-order valence-electron chi connectivity index (χ4n) is 4.29. The summed E-state index contributed by atoms with van der Waals surface area (Å²) in [5, 5.41) is 8.81. The molecule has 0 N–H and O–H groups in total. The van der Waals surface area contributed by atoms with Crippen molar-refractivity contribution in [2.45, 2.75) is 39.7 Å². The summed E-state index contributed by atoms with van der Waals surface area (Å²) < 4.78 is 11.5. The maximum absolute atomic E-state index is 13.5. The van der Waals surface area contributed by atoms with E-state index >= 15 is 0 Å². The minimum atomic E-state index is -0.918. The van der Waals surface area contributed by atoms with Crippen LogP contribution in [-0.2, 0) is 16.8 Å². The van der Waals surface area contributed by atoms with Crippen molar-refractivity contribution in [1.82, 2.24) is 9.97 Å². The third kappa shape index (κ3) is 4.58. The average molecular weight is 489 g/mol. The SMILES string of the molecule is COc1ccc(CN2C(=O)C(C)(C)c3c(Oc4c(C)cc(/C=C/C#N)cc4C)nc(Cl)nc32)cc1. The van der Waals surface area contributed by atoms with Crippen LogP contribution in [0.4, 0.5) is 5.82 Å². The molecule has 0 spiro atoms. The number of hydrogen-bond acceptors (Lipinski definition) is 6. The van der Waals surface area contributed by atoms with Crippen LogP contribution in [-0.4, -0.2) is 23.0 Å². The second kappa shape index (κ2) is 9.40. The number of hydrogen-bond donors (Lipinski definition) is 0. The maximum Gasteiger partial charge on any atom is 0.238 e. The van der Waals surface area contributed by atoms with Gasteiger partial charge in [-0.2, -0.15) is 15.2 Å². The molecule has 0 unspecified atom stereocenters. The lowest BCUT2D eigenvalue weighted by Gasteiger charge is -2.20. The van der Waals surface area contributed by atoms with Gasteiger partial charge in [0.2, 0.25) is 17.1 Å². The van der Waals surface area contributed by atoms with Crippen LogP contribution in [0.25, 0.3) is 6.08 Å². The van der Waals surface area contributed by atoms with E-state index in [4.69, 9.17) is 26.3 Å². The molecule has 0 bridgehead atoms. The van der Waals surface area contributed by atoms with E-state index in [1.807, 2.05) is 70.2 Å². The first-order chi connectivity index (χ1) is 16.6. The molecule has 1 aliphatic rings. The van der Waals surface area contributed by atoms with Crippen LogP contribution in [0.3, 0.4) is 0 Å². The molecule has 8 heteroatoms. The van der Waals surface area contributed by atoms with Gasteiger partial charge < -0.3 is 9.47 Å². The number of nitrogens with zero attached hydrogens (tertiary/aromatic N) is 4. The Hall–Kier alpha value is -3.89. The first kappa shape index (κ1) is 24.2. The van der Waals surface area contributed by atoms with Gasteiger partial charge in [-0.1, -0.05) is 12.1 Å². The van der Waals surface area contributed by atoms with Crippen LogP contribution in [0.2, 0.25) is 5.28 Å². The monoisotopic (exact) mass is 488 g/mol. The van der Waals surface area contributed by atoms with Gasteiger partial charge in [-0.3, -0.25) is 9.69 Å². The lowest BCUT2D eigenvalue weighted by Crippen LogP contribution is -2.36. The molecule has 1 aromatic heterocycles. The van der Waals surface area contributed by atoms with Crippen LogP contribution >= 0.6 is 11.6 Å². The summed E-state index contributed by atoms with van der Waals surface area (Å²) in [4.78, 5) is 23.9. The predicted molar refractivity (Wildman–Crippen MR) is 135 cm³/mol. The van der Waals surface area contributed by atoms with Crippen molar-refractivity contribution in [3.8, 4) is 23.4 Å². The van der Waals surface area contributed by atoms with Crippen LogP contribution < -0.4 is 14.4 Å². The van der Waals surface area contributed by atoms with Crippen LogP contribution in [0.15, 0.2) is 42.5 Å². The number of aromatic nitrogens is 2. The van der Waals surface area contributed by atoms with E-state index in [0.717, 1.165) is 28.0 Å². The number of allylic oxidation sites excluding steroid dienone is 1. The van der Waals surface area contributed by atoms with Crippen molar-refractivity contribution in [1.29, 1.82) is 5.26 Å². The average Bonchev–Trinajstić information content (AvgIpc) is 3.00. The number of aryl methyl sites for hydroxylation is 2. The summed E-state index contributed by atoms with van der Waals surface area (Å²) in [6, 6.07) is 13.4. The minimum Gasteiger partial charge on any atom is -0.497 e. The number of nitriles is 1. The molecule has 0 saturated carbocycles. The van der Waals surface area contributed by atoms with Gasteiger partial charge >= 0.3 is 0 Å². The van der Waals surface area contributed by atoms with Gasteiger partial charge in [0.25, 0.3) is 0 Å². The molecule has 35 heavy (non-hydrogen) atoms. The standard InChI is InChI=1S/C27H25ClN4O3/c1-16-13-19(7-6-12-29)14-17(2)22(16)35-24-21-23(30-26(28)31-24)32(25(33)27(21,3)4)15-18-8-10-20(34-5)11-9-18/h6-11,13-14H,15H2,1-5H3/b7-6+. The van der Waals surface area contributed by atoms with Gasteiger partial charge in [-0.15, -0.1) is 0 Å². The van der Waals surface area contributed by atoms with E-state index in [9.17, 15) is 4.79 Å². The van der Waals surface area contributed by atoms with Crippen molar-refractivity contribution in [2.75, 3.05) is 12.0 Å². The third-order valence-corrected chi connectivity index (χ3v) is 6.19. The topological polar surface area (TPSA) is 88.3 Å². The molecule has 0 saturated heterocycles. The van der Waals surface area contributed by atoms with E-state index < -0.39 is 5.41 Å². The molecule has 0 atom stereocenters. The highest BCUT2D eigenvalue weighted by Gasteiger charge is 2.48. The van der Waals surface area contributed by atoms with Gasteiger partial charge in [0.15, 0.2) is 0 Å². The molecular weight excluding hydrogens is 464 g/mol. The van der Waals surface area contributed by atoms with Gasteiger partial charge in [-0.05, 0) is 91.9 Å². The molecule has 0 aliphatic carbocycles. The highest BCUT2D eigenvalue weighted by molar-refractivity contribution is 6.28. The lowest BCUT2D eigenvalue weighted by molar-refractivity contribution is -0.122. The number of carbonyl (C=O) groups is 1. The zero-order chi connectivity index (χ0) is 25.3. The summed E-state index contributed by atoms with van der Waals surface area (Å²) in [5.41, 5.74) is 3.21. The number of halogens is 1. The zero-order valence-corrected chi connectivity index (χ0v) is 21.0. The second-order valence-corrected chi connectivity index (χ2v) is 9.25. The van der Waals surface area contributed by atoms with Crippen LogP contribution in [0, 0.1) is 25.2 Å². The lowest BCUT2D eigenvalue weighted by atomic mass is 9.87. The summed E-state index contributed by atoms with van der Waals surface area (Å²) >= 11 is 6.31. The Morgan fingerprint density at radius 3 is 2.40 bits per heavy atom. The normalized spacial score (nSPS) is 14.2. The summed E-state index contributed by atoms with van der Waals surface area (Å²) in [6.45, 7) is 7.83. The highest BCUT2D eigenvalue weighted by atomic mass is 35.5. The molecule has 0 fully saturated rings. The third-order valence-electron chi connectivity index (χ3n) is 6.02. The Balaban J connectivity index is 1.76. The van der Waals surface area contributed by atoms with Gasteiger partial charge in [0.1, 0.15) is 17.3 Å². The molecule has 4 rings (SSSR count). The Kier molecular flexibility index (Phi) is 6.51. The quantitative estimate of drug-likeness (QED) is 0.316. The molecule has 2 heterocycles. The Morgan fingerprint density at radius 2 is 1.80 bits per heavy atom. The predicted octanol–water partition coefficient (Wildman–Crippen LogP) is 5.91. The summed E-state index contributed by atoms with van der Waals surface area (Å²) in [6.07, 6.45) is 3.17. The Morgan fingerprint density at radius 1 is 1.14 bits per heavy atom. The Labute approximate surface area is 209 Å². The van der Waals surface area contributed by atoms with E-state index in [1.54, 1.807) is 18.1 Å². The smallest absolute Gasteiger partial charge is 0.238 e. The van der Waals surface area contributed by atoms with Crippen LogP contribution in [0.5, 0.6) is 17.4 Å². The first-order valence-corrected chi connectivity index (χ1v) is 11.4. The molecule has 7 nitrogen and oxygen atoms in total. The molecule has 2 aromatic carbocycles. The van der Waals surface area contributed by atoms with E-state index in [-0.39, 0.29) is 17.1 Å². The maximum atomic E-state index is 13.5. The molecule has 0 radical (unpaired) electrons. The number of ether oxygens (including phenoxy) is 2.